The molecule has 0 saturated heterocycles. The zero-order valence-electron chi connectivity index (χ0n) is 8.58. The fraction of sp³-hybridized carbons (Fsp3) is 0. The van der Waals surface area contributed by atoms with Gasteiger partial charge in [-0.1, -0.05) is 12.1 Å². The Kier molecular flexibility index (Phi) is 3.98. The number of rotatable bonds is 1. The largest absolute Gasteiger partial charge is 1.00 e. The van der Waals surface area contributed by atoms with Crippen molar-refractivity contribution in [3.8, 4) is 5.75 Å². The van der Waals surface area contributed by atoms with Crippen LogP contribution in [0.5, 0.6) is 5.75 Å². The quantitative estimate of drug-likeness (QED) is 0.490. The number of fused-ring (bicyclic) bond motifs is 1. The van der Waals surface area contributed by atoms with Crippen LogP contribution >= 0.6 is 0 Å². The molecule has 2 rings (SSSR count). The number of phenolic OH excluding ortho intramolecular Hbond substituents is 1. The molecular weight excluding hydrogens is 239 g/mol. The molecule has 0 radical (unpaired) electrons. The van der Waals surface area contributed by atoms with Crippen molar-refractivity contribution >= 4 is 20.9 Å². The molecule has 0 spiro atoms. The maximum Gasteiger partial charge on any atom is 1.00 e. The van der Waals surface area contributed by atoms with Crippen molar-refractivity contribution in [2.24, 2.45) is 0 Å². The predicted molar refractivity (Wildman–Crippen MR) is 55.4 cm³/mol. The second-order valence-electron chi connectivity index (χ2n) is 3.17. The molecule has 0 saturated carbocycles. The van der Waals surface area contributed by atoms with Crippen molar-refractivity contribution in [3.05, 3.63) is 36.4 Å². The van der Waals surface area contributed by atoms with Crippen LogP contribution < -0.4 is 29.6 Å². The second kappa shape index (κ2) is 4.73. The van der Waals surface area contributed by atoms with E-state index < -0.39 is 10.1 Å². The van der Waals surface area contributed by atoms with E-state index in [0.29, 0.717) is 5.39 Å². The van der Waals surface area contributed by atoms with Gasteiger partial charge in [0.1, 0.15) is 5.75 Å². The smallest absolute Gasteiger partial charge is 0.508 e. The van der Waals surface area contributed by atoms with Crippen LogP contribution in [0.3, 0.4) is 0 Å². The van der Waals surface area contributed by atoms with Gasteiger partial charge in [-0.05, 0) is 35.0 Å². The first-order valence-electron chi connectivity index (χ1n) is 4.17. The Bertz CT molecular complexity index is 622. The van der Waals surface area contributed by atoms with Gasteiger partial charge in [0.15, 0.2) is 0 Å². The van der Waals surface area contributed by atoms with Crippen LogP contribution in [0.25, 0.3) is 10.8 Å². The minimum atomic E-state index is -4.19. The summed E-state index contributed by atoms with van der Waals surface area (Å²) in [7, 11) is -4.19. The topological polar surface area (TPSA) is 74.6 Å². The second-order valence-corrected chi connectivity index (χ2v) is 4.59. The molecule has 16 heavy (non-hydrogen) atoms. The van der Waals surface area contributed by atoms with Gasteiger partial charge >= 0.3 is 29.6 Å². The van der Waals surface area contributed by atoms with E-state index in [2.05, 4.69) is 0 Å². The van der Waals surface area contributed by atoms with Crippen LogP contribution in [0, 0.1) is 0 Å². The molecule has 2 N–H and O–H groups in total. The standard InChI is InChI=1S/C10H8O4S.Na/c11-9-3-1-7-2-4-10(15(12,13)14)6-8(7)5-9;/h1-6,11H,(H,12,13,14);/q;+1. The summed E-state index contributed by atoms with van der Waals surface area (Å²) in [6.07, 6.45) is 0. The summed E-state index contributed by atoms with van der Waals surface area (Å²) >= 11 is 0. The summed E-state index contributed by atoms with van der Waals surface area (Å²) in [5, 5.41) is 10.6. The van der Waals surface area contributed by atoms with Gasteiger partial charge in [0.05, 0.1) is 4.90 Å². The minimum Gasteiger partial charge on any atom is -0.508 e. The molecule has 0 bridgehead atoms. The Morgan fingerprint density at radius 2 is 1.56 bits per heavy atom. The van der Waals surface area contributed by atoms with Crippen molar-refractivity contribution in [3.63, 3.8) is 0 Å². The molecule has 2 aromatic rings. The zero-order chi connectivity index (χ0) is 11.1. The van der Waals surface area contributed by atoms with Gasteiger partial charge in [0.25, 0.3) is 10.1 Å². The van der Waals surface area contributed by atoms with Crippen molar-refractivity contribution in [1.82, 2.24) is 0 Å². The first-order chi connectivity index (χ1) is 6.97. The van der Waals surface area contributed by atoms with Crippen molar-refractivity contribution in [1.29, 1.82) is 0 Å². The van der Waals surface area contributed by atoms with Gasteiger partial charge < -0.3 is 5.11 Å². The third-order valence-electron chi connectivity index (χ3n) is 2.09. The van der Waals surface area contributed by atoms with Gasteiger partial charge in [-0.3, -0.25) is 4.55 Å². The summed E-state index contributed by atoms with van der Waals surface area (Å²) in [4.78, 5) is -0.180. The zero-order valence-corrected chi connectivity index (χ0v) is 11.4. The SMILES string of the molecule is O=S(=O)(O)c1ccc2ccc(O)cc2c1.[Na+]. The van der Waals surface area contributed by atoms with E-state index in [1.54, 1.807) is 12.1 Å². The number of benzene rings is 2. The normalized spacial score (nSPS) is 11.1. The van der Waals surface area contributed by atoms with Crippen LogP contribution in [0.4, 0.5) is 0 Å². The Balaban J connectivity index is 0.00000128. The van der Waals surface area contributed by atoms with Gasteiger partial charge in [-0.15, -0.1) is 0 Å². The summed E-state index contributed by atoms with van der Waals surface area (Å²) in [5.41, 5.74) is 0. The van der Waals surface area contributed by atoms with Gasteiger partial charge in [0.2, 0.25) is 0 Å². The number of hydrogen-bond acceptors (Lipinski definition) is 3. The summed E-state index contributed by atoms with van der Waals surface area (Å²) < 4.78 is 30.5. The molecule has 0 unspecified atom stereocenters. The molecule has 0 aromatic heterocycles. The fourth-order valence-electron chi connectivity index (χ4n) is 1.37. The van der Waals surface area contributed by atoms with Crippen molar-refractivity contribution in [2.75, 3.05) is 0 Å². The third kappa shape index (κ3) is 2.75. The molecule has 0 aliphatic rings. The maximum absolute atomic E-state index is 10.9. The van der Waals surface area contributed by atoms with E-state index in [9.17, 15) is 13.5 Å². The van der Waals surface area contributed by atoms with Gasteiger partial charge in [-0.2, -0.15) is 8.42 Å². The predicted octanol–water partition coefficient (Wildman–Crippen LogP) is -1.20. The molecule has 0 heterocycles. The van der Waals surface area contributed by atoms with Crippen LogP contribution in [-0.2, 0) is 10.1 Å². The Labute approximate surface area is 115 Å². The van der Waals surface area contributed by atoms with Gasteiger partial charge in [0, 0.05) is 0 Å². The van der Waals surface area contributed by atoms with E-state index in [1.807, 2.05) is 0 Å². The number of hydrogen-bond donors (Lipinski definition) is 2. The average Bonchev–Trinajstić information content (AvgIpc) is 2.15. The maximum atomic E-state index is 10.9. The van der Waals surface area contributed by atoms with Gasteiger partial charge in [-0.25, -0.2) is 0 Å². The monoisotopic (exact) mass is 247 g/mol. The van der Waals surface area contributed by atoms with Crippen molar-refractivity contribution in [2.45, 2.75) is 4.90 Å². The number of aromatic hydroxyl groups is 1. The van der Waals surface area contributed by atoms with E-state index in [0.717, 1.165) is 5.39 Å². The summed E-state index contributed by atoms with van der Waals surface area (Å²) in [5.74, 6) is 0.0509. The van der Waals surface area contributed by atoms with Crippen molar-refractivity contribution < 1.29 is 47.6 Å². The number of phenols is 1. The molecular formula is C10H8NaO4S+. The molecule has 4 nitrogen and oxygen atoms in total. The summed E-state index contributed by atoms with van der Waals surface area (Å²) in [6.45, 7) is 0. The van der Waals surface area contributed by atoms with Crippen LogP contribution in [0.1, 0.15) is 0 Å². The van der Waals surface area contributed by atoms with Crippen LogP contribution in [-0.4, -0.2) is 18.1 Å². The van der Waals surface area contributed by atoms with Crippen LogP contribution in [0.15, 0.2) is 41.3 Å². The Morgan fingerprint density at radius 3 is 2.19 bits per heavy atom. The Morgan fingerprint density at radius 1 is 0.938 bits per heavy atom. The molecule has 0 aliphatic heterocycles. The fourth-order valence-corrected chi connectivity index (χ4v) is 1.89. The molecule has 0 amide bonds. The first kappa shape index (κ1) is 13.5. The van der Waals surface area contributed by atoms with E-state index >= 15 is 0 Å². The molecule has 0 atom stereocenters. The molecule has 78 valence electrons. The van der Waals surface area contributed by atoms with E-state index in [-0.39, 0.29) is 40.2 Å². The molecule has 2 aromatic carbocycles. The van der Waals surface area contributed by atoms with Crippen LogP contribution in [0.2, 0.25) is 0 Å². The molecule has 6 heteroatoms. The van der Waals surface area contributed by atoms with E-state index in [1.165, 1.54) is 24.3 Å². The Hall–Kier alpha value is -0.590. The van der Waals surface area contributed by atoms with E-state index in [4.69, 9.17) is 4.55 Å². The summed E-state index contributed by atoms with van der Waals surface area (Å²) in [6, 6.07) is 8.80. The minimum absolute atomic E-state index is 0. The third-order valence-corrected chi connectivity index (χ3v) is 2.94. The average molecular weight is 247 g/mol. The first-order valence-corrected chi connectivity index (χ1v) is 5.61. The molecule has 0 aliphatic carbocycles. The molecule has 0 fully saturated rings.